The van der Waals surface area contributed by atoms with E-state index in [-0.39, 0.29) is 6.29 Å². The van der Waals surface area contributed by atoms with Gasteiger partial charge in [0.25, 0.3) is 0 Å². The van der Waals surface area contributed by atoms with Crippen molar-refractivity contribution in [1.29, 1.82) is 0 Å². The Hall–Kier alpha value is -1.64. The zero-order valence-corrected chi connectivity index (χ0v) is 12.2. The van der Waals surface area contributed by atoms with Crippen molar-refractivity contribution in [1.82, 2.24) is 0 Å². The van der Waals surface area contributed by atoms with Crippen LogP contribution in [0.1, 0.15) is 36.8 Å². The molecule has 20 heavy (non-hydrogen) atoms. The van der Waals surface area contributed by atoms with Crippen molar-refractivity contribution in [2.45, 2.75) is 26.6 Å². The molecule has 2 aromatic rings. The predicted octanol–water partition coefficient (Wildman–Crippen LogP) is 4.35. The van der Waals surface area contributed by atoms with Crippen LogP contribution in [0.4, 0.5) is 0 Å². The number of benzene rings is 2. The van der Waals surface area contributed by atoms with Gasteiger partial charge < -0.3 is 9.47 Å². The molecule has 0 aliphatic heterocycles. The van der Waals surface area contributed by atoms with Gasteiger partial charge in [-0.3, -0.25) is 0 Å². The van der Waals surface area contributed by atoms with E-state index in [9.17, 15) is 0 Å². The molecular formula is C18H22O2. The van der Waals surface area contributed by atoms with E-state index in [1.54, 1.807) is 0 Å². The second-order valence-electron chi connectivity index (χ2n) is 4.65. The Morgan fingerprint density at radius 2 is 1.30 bits per heavy atom. The SMILES string of the molecule is CCOC(OCC)c1ccc(Cc2ccccc2)cc1. The van der Waals surface area contributed by atoms with Gasteiger partial charge in [0.05, 0.1) is 0 Å². The highest BCUT2D eigenvalue weighted by Crippen LogP contribution is 2.20. The molecule has 106 valence electrons. The minimum Gasteiger partial charge on any atom is -0.349 e. The maximum atomic E-state index is 5.60. The summed E-state index contributed by atoms with van der Waals surface area (Å²) in [5.41, 5.74) is 3.70. The zero-order chi connectivity index (χ0) is 14.2. The van der Waals surface area contributed by atoms with Crippen LogP contribution in [0.2, 0.25) is 0 Å². The molecule has 2 heteroatoms. The van der Waals surface area contributed by atoms with Crippen LogP contribution in [0.5, 0.6) is 0 Å². The fourth-order valence-corrected chi connectivity index (χ4v) is 2.17. The standard InChI is InChI=1S/C18H22O2/c1-3-19-18(20-4-2)17-12-10-16(11-13-17)14-15-8-6-5-7-9-15/h5-13,18H,3-4,14H2,1-2H3. The summed E-state index contributed by atoms with van der Waals surface area (Å²) in [6.07, 6.45) is 0.700. The summed E-state index contributed by atoms with van der Waals surface area (Å²) in [6.45, 7) is 5.26. The van der Waals surface area contributed by atoms with Crippen molar-refractivity contribution in [3.63, 3.8) is 0 Å². The van der Waals surface area contributed by atoms with Gasteiger partial charge in [0.1, 0.15) is 0 Å². The van der Waals surface area contributed by atoms with Gasteiger partial charge in [-0.25, -0.2) is 0 Å². The summed E-state index contributed by atoms with van der Waals surface area (Å²) in [4.78, 5) is 0. The predicted molar refractivity (Wildman–Crippen MR) is 81.7 cm³/mol. The lowest BCUT2D eigenvalue weighted by Gasteiger charge is -2.17. The molecule has 0 unspecified atom stereocenters. The van der Waals surface area contributed by atoms with Crippen LogP contribution in [0.3, 0.4) is 0 Å². The van der Waals surface area contributed by atoms with Crippen LogP contribution >= 0.6 is 0 Å². The van der Waals surface area contributed by atoms with E-state index in [1.807, 2.05) is 19.9 Å². The minimum atomic E-state index is -0.254. The molecule has 0 aromatic heterocycles. The summed E-state index contributed by atoms with van der Waals surface area (Å²) in [7, 11) is 0. The van der Waals surface area contributed by atoms with Gasteiger partial charge >= 0.3 is 0 Å². The maximum absolute atomic E-state index is 5.60. The summed E-state index contributed by atoms with van der Waals surface area (Å²) in [5.74, 6) is 0. The first kappa shape index (κ1) is 14.8. The second-order valence-corrected chi connectivity index (χ2v) is 4.65. The van der Waals surface area contributed by atoms with E-state index in [1.165, 1.54) is 11.1 Å². The van der Waals surface area contributed by atoms with Crippen molar-refractivity contribution in [3.8, 4) is 0 Å². The number of hydrogen-bond donors (Lipinski definition) is 0. The lowest BCUT2D eigenvalue weighted by Crippen LogP contribution is -2.08. The van der Waals surface area contributed by atoms with E-state index in [4.69, 9.17) is 9.47 Å². The fraction of sp³-hybridized carbons (Fsp3) is 0.333. The first-order chi connectivity index (χ1) is 9.83. The van der Waals surface area contributed by atoms with E-state index in [2.05, 4.69) is 48.5 Å². The Bertz CT molecular complexity index is 485. The van der Waals surface area contributed by atoms with Crippen molar-refractivity contribution >= 4 is 0 Å². The first-order valence-corrected chi connectivity index (χ1v) is 7.19. The lowest BCUT2D eigenvalue weighted by atomic mass is 10.0. The second kappa shape index (κ2) is 7.83. The van der Waals surface area contributed by atoms with Crippen molar-refractivity contribution in [2.75, 3.05) is 13.2 Å². The van der Waals surface area contributed by atoms with Crippen LogP contribution < -0.4 is 0 Å². The smallest absolute Gasteiger partial charge is 0.183 e. The van der Waals surface area contributed by atoms with Crippen LogP contribution in [0, 0.1) is 0 Å². The van der Waals surface area contributed by atoms with E-state index >= 15 is 0 Å². The molecule has 0 fully saturated rings. The molecule has 0 bridgehead atoms. The van der Waals surface area contributed by atoms with Gasteiger partial charge in [0.2, 0.25) is 0 Å². The number of ether oxygens (including phenoxy) is 2. The molecule has 0 aliphatic rings. The Kier molecular flexibility index (Phi) is 5.78. The van der Waals surface area contributed by atoms with Gasteiger partial charge in [-0.1, -0.05) is 54.6 Å². The Morgan fingerprint density at radius 3 is 1.85 bits per heavy atom. The van der Waals surface area contributed by atoms with Gasteiger partial charge in [-0.15, -0.1) is 0 Å². The van der Waals surface area contributed by atoms with Crippen LogP contribution in [0.25, 0.3) is 0 Å². The maximum Gasteiger partial charge on any atom is 0.183 e. The molecule has 0 radical (unpaired) electrons. The Balaban J connectivity index is 2.05. The largest absolute Gasteiger partial charge is 0.349 e. The summed E-state index contributed by atoms with van der Waals surface area (Å²) < 4.78 is 11.2. The van der Waals surface area contributed by atoms with Crippen molar-refractivity contribution in [3.05, 3.63) is 71.3 Å². The molecule has 2 nitrogen and oxygen atoms in total. The third kappa shape index (κ3) is 4.19. The van der Waals surface area contributed by atoms with E-state index in [0.717, 1.165) is 12.0 Å². The van der Waals surface area contributed by atoms with Crippen molar-refractivity contribution in [2.24, 2.45) is 0 Å². The molecule has 2 rings (SSSR count). The molecule has 0 atom stereocenters. The molecule has 0 N–H and O–H groups in total. The van der Waals surface area contributed by atoms with Gasteiger partial charge in [-0.2, -0.15) is 0 Å². The highest BCUT2D eigenvalue weighted by atomic mass is 16.7. The number of hydrogen-bond acceptors (Lipinski definition) is 2. The highest BCUT2D eigenvalue weighted by Gasteiger charge is 2.10. The molecule has 0 amide bonds. The quantitative estimate of drug-likeness (QED) is 0.696. The molecular weight excluding hydrogens is 248 g/mol. The molecule has 0 aliphatic carbocycles. The van der Waals surface area contributed by atoms with Crippen LogP contribution in [0.15, 0.2) is 54.6 Å². The van der Waals surface area contributed by atoms with Crippen LogP contribution in [-0.4, -0.2) is 13.2 Å². The average Bonchev–Trinajstić information content (AvgIpc) is 2.49. The fourth-order valence-electron chi connectivity index (χ4n) is 2.17. The molecule has 0 heterocycles. The van der Waals surface area contributed by atoms with Gasteiger partial charge in [-0.05, 0) is 31.4 Å². The van der Waals surface area contributed by atoms with Gasteiger partial charge in [0.15, 0.2) is 6.29 Å². The third-order valence-electron chi connectivity index (χ3n) is 3.14. The summed E-state index contributed by atoms with van der Waals surface area (Å²) >= 11 is 0. The molecule has 0 saturated heterocycles. The normalized spacial score (nSPS) is 10.9. The molecule has 2 aromatic carbocycles. The third-order valence-corrected chi connectivity index (χ3v) is 3.14. The average molecular weight is 270 g/mol. The highest BCUT2D eigenvalue weighted by molar-refractivity contribution is 5.29. The van der Waals surface area contributed by atoms with Crippen LogP contribution in [-0.2, 0) is 15.9 Å². The zero-order valence-electron chi connectivity index (χ0n) is 12.2. The van der Waals surface area contributed by atoms with Gasteiger partial charge in [0, 0.05) is 18.8 Å². The summed E-state index contributed by atoms with van der Waals surface area (Å²) in [6, 6.07) is 19.0. The topological polar surface area (TPSA) is 18.5 Å². The molecule has 0 saturated carbocycles. The number of rotatable bonds is 7. The van der Waals surface area contributed by atoms with E-state index in [0.29, 0.717) is 13.2 Å². The first-order valence-electron chi connectivity index (χ1n) is 7.19. The summed E-state index contributed by atoms with van der Waals surface area (Å²) in [5, 5.41) is 0. The minimum absolute atomic E-state index is 0.254. The van der Waals surface area contributed by atoms with E-state index < -0.39 is 0 Å². The van der Waals surface area contributed by atoms with Crippen molar-refractivity contribution < 1.29 is 9.47 Å². The monoisotopic (exact) mass is 270 g/mol. The molecule has 0 spiro atoms. The lowest BCUT2D eigenvalue weighted by molar-refractivity contribution is -0.140. The Morgan fingerprint density at radius 1 is 0.750 bits per heavy atom. The Labute approximate surface area is 121 Å².